The molecule has 2 N–H and O–H groups in total. The van der Waals surface area contributed by atoms with Crippen molar-refractivity contribution in [3.8, 4) is 0 Å². The monoisotopic (exact) mass is 316 g/mol. The number of hydrogen-bond donors (Lipinski definition) is 1. The summed E-state index contributed by atoms with van der Waals surface area (Å²) in [5.74, 6) is -0.375. The summed E-state index contributed by atoms with van der Waals surface area (Å²) in [7, 11) is 0. The average molecular weight is 317 g/mol. The number of hydrogen-bond acceptors (Lipinski definition) is 4. The van der Waals surface area contributed by atoms with E-state index in [0.29, 0.717) is 23.7 Å². The van der Waals surface area contributed by atoms with Crippen LogP contribution in [-0.4, -0.2) is 27.3 Å². The van der Waals surface area contributed by atoms with Crippen molar-refractivity contribution in [2.75, 3.05) is 6.54 Å². The van der Waals surface area contributed by atoms with Crippen molar-refractivity contribution < 1.29 is 4.79 Å². The lowest BCUT2D eigenvalue weighted by Crippen LogP contribution is -2.51. The largest absolute Gasteiger partial charge is 0.368 e. The fourth-order valence-electron chi connectivity index (χ4n) is 3.11. The standard InChI is InChI=1S/C16H17ClN4O/c17-13-4-2-12(3-5-13)11-21-9-1-6-16(21,15(18)22)14-10-19-7-8-20-14/h2-5,7-8,10H,1,6,9,11H2,(H2,18,22)/t16-/m1/s1. The Balaban J connectivity index is 1.95. The molecule has 6 heteroatoms. The molecule has 114 valence electrons. The molecule has 1 aromatic heterocycles. The predicted molar refractivity (Wildman–Crippen MR) is 84.0 cm³/mol. The van der Waals surface area contributed by atoms with Crippen LogP contribution in [0, 0.1) is 0 Å². The van der Waals surface area contributed by atoms with Gasteiger partial charge < -0.3 is 5.73 Å². The highest BCUT2D eigenvalue weighted by Gasteiger charge is 2.48. The molecule has 1 fully saturated rings. The molecule has 1 aliphatic rings. The number of amides is 1. The van der Waals surface area contributed by atoms with Crippen molar-refractivity contribution in [2.24, 2.45) is 5.73 Å². The molecule has 0 radical (unpaired) electrons. The Kier molecular flexibility index (Phi) is 4.09. The number of primary amides is 1. The van der Waals surface area contributed by atoms with Crippen LogP contribution in [0.1, 0.15) is 24.1 Å². The SMILES string of the molecule is NC(=O)[C@]1(c2cnccn2)CCCN1Cc1ccc(Cl)cc1. The van der Waals surface area contributed by atoms with Crippen LogP contribution in [0.3, 0.4) is 0 Å². The van der Waals surface area contributed by atoms with Crippen molar-refractivity contribution in [2.45, 2.75) is 24.9 Å². The van der Waals surface area contributed by atoms with Crippen LogP contribution >= 0.6 is 11.6 Å². The van der Waals surface area contributed by atoms with Crippen molar-refractivity contribution in [3.63, 3.8) is 0 Å². The molecule has 1 aliphatic heterocycles. The molecular weight excluding hydrogens is 300 g/mol. The van der Waals surface area contributed by atoms with Crippen molar-refractivity contribution in [3.05, 3.63) is 59.1 Å². The minimum Gasteiger partial charge on any atom is -0.368 e. The van der Waals surface area contributed by atoms with Gasteiger partial charge in [-0.2, -0.15) is 0 Å². The second-order valence-corrected chi connectivity index (χ2v) is 5.90. The molecule has 3 rings (SSSR count). The second kappa shape index (κ2) is 6.02. The number of aromatic nitrogens is 2. The first-order chi connectivity index (χ1) is 10.6. The van der Waals surface area contributed by atoms with E-state index in [-0.39, 0.29) is 5.91 Å². The lowest BCUT2D eigenvalue weighted by molar-refractivity contribution is -0.129. The maximum atomic E-state index is 12.3. The zero-order valence-corrected chi connectivity index (χ0v) is 12.8. The zero-order chi connectivity index (χ0) is 15.6. The lowest BCUT2D eigenvalue weighted by Gasteiger charge is -2.35. The molecule has 0 saturated carbocycles. The first-order valence-electron chi connectivity index (χ1n) is 7.19. The van der Waals surface area contributed by atoms with E-state index in [1.807, 2.05) is 24.3 Å². The highest BCUT2D eigenvalue weighted by atomic mass is 35.5. The van der Waals surface area contributed by atoms with Crippen LogP contribution in [0.2, 0.25) is 5.02 Å². The second-order valence-electron chi connectivity index (χ2n) is 5.47. The number of carbonyl (C=O) groups excluding carboxylic acids is 1. The van der Waals surface area contributed by atoms with Crippen molar-refractivity contribution >= 4 is 17.5 Å². The van der Waals surface area contributed by atoms with E-state index in [2.05, 4.69) is 14.9 Å². The van der Waals surface area contributed by atoms with E-state index in [1.165, 1.54) is 0 Å². The molecule has 0 unspecified atom stereocenters. The van der Waals surface area contributed by atoms with Gasteiger partial charge in [0.1, 0.15) is 5.54 Å². The molecule has 1 saturated heterocycles. The van der Waals surface area contributed by atoms with Gasteiger partial charge in [0.05, 0.1) is 11.9 Å². The Bertz CT molecular complexity index is 662. The smallest absolute Gasteiger partial charge is 0.244 e. The summed E-state index contributed by atoms with van der Waals surface area (Å²) in [6.07, 6.45) is 6.38. The third kappa shape index (κ3) is 2.58. The van der Waals surface area contributed by atoms with E-state index in [9.17, 15) is 4.79 Å². The molecule has 1 amide bonds. The number of likely N-dealkylation sites (tertiary alicyclic amines) is 1. The summed E-state index contributed by atoms with van der Waals surface area (Å²) in [6, 6.07) is 7.62. The van der Waals surface area contributed by atoms with E-state index in [0.717, 1.165) is 18.5 Å². The normalized spacial score (nSPS) is 21.9. The Morgan fingerprint density at radius 1 is 1.32 bits per heavy atom. The summed E-state index contributed by atoms with van der Waals surface area (Å²) in [6.45, 7) is 1.42. The van der Waals surface area contributed by atoms with Gasteiger partial charge in [-0.15, -0.1) is 0 Å². The van der Waals surface area contributed by atoms with Gasteiger partial charge in [-0.05, 0) is 37.1 Å². The van der Waals surface area contributed by atoms with Crippen LogP contribution in [0.5, 0.6) is 0 Å². The summed E-state index contributed by atoms with van der Waals surface area (Å²) >= 11 is 5.92. The lowest BCUT2D eigenvalue weighted by atomic mass is 9.91. The van der Waals surface area contributed by atoms with E-state index < -0.39 is 5.54 Å². The quantitative estimate of drug-likeness (QED) is 0.937. The van der Waals surface area contributed by atoms with Crippen LogP contribution in [0.25, 0.3) is 0 Å². The van der Waals surface area contributed by atoms with Crippen LogP contribution in [0.4, 0.5) is 0 Å². The van der Waals surface area contributed by atoms with Gasteiger partial charge in [0.25, 0.3) is 0 Å². The third-order valence-electron chi connectivity index (χ3n) is 4.19. The maximum absolute atomic E-state index is 12.3. The molecule has 5 nitrogen and oxygen atoms in total. The number of rotatable bonds is 4. The number of benzene rings is 1. The van der Waals surface area contributed by atoms with Gasteiger partial charge in [0, 0.05) is 24.0 Å². The average Bonchev–Trinajstić information content (AvgIpc) is 2.95. The van der Waals surface area contributed by atoms with Crippen molar-refractivity contribution in [1.29, 1.82) is 0 Å². The summed E-state index contributed by atoms with van der Waals surface area (Å²) in [5, 5.41) is 0.695. The molecule has 0 aliphatic carbocycles. The van der Waals surface area contributed by atoms with Crippen LogP contribution < -0.4 is 5.73 Å². The topological polar surface area (TPSA) is 72.1 Å². The number of carbonyl (C=O) groups is 1. The van der Waals surface area contributed by atoms with Gasteiger partial charge in [0.15, 0.2) is 0 Å². The predicted octanol–water partition coefficient (Wildman–Crippen LogP) is 2.11. The Labute approximate surface area is 134 Å². The number of nitrogens with zero attached hydrogens (tertiary/aromatic N) is 3. The summed E-state index contributed by atoms with van der Waals surface area (Å²) in [5.41, 5.74) is 6.59. The molecule has 0 spiro atoms. The highest BCUT2D eigenvalue weighted by Crippen LogP contribution is 2.38. The summed E-state index contributed by atoms with van der Waals surface area (Å²) in [4.78, 5) is 22.8. The van der Waals surface area contributed by atoms with E-state index >= 15 is 0 Å². The van der Waals surface area contributed by atoms with Gasteiger partial charge in [0.2, 0.25) is 5.91 Å². The molecule has 2 heterocycles. The first-order valence-corrected chi connectivity index (χ1v) is 7.56. The minimum absolute atomic E-state index is 0.375. The number of nitrogens with two attached hydrogens (primary N) is 1. The van der Waals surface area contributed by atoms with Gasteiger partial charge in [-0.1, -0.05) is 23.7 Å². The fraction of sp³-hybridized carbons (Fsp3) is 0.312. The first kappa shape index (κ1) is 14.9. The van der Waals surface area contributed by atoms with Crippen LogP contribution in [0.15, 0.2) is 42.9 Å². The minimum atomic E-state index is -0.881. The third-order valence-corrected chi connectivity index (χ3v) is 4.44. The van der Waals surface area contributed by atoms with Gasteiger partial charge >= 0.3 is 0 Å². The molecule has 22 heavy (non-hydrogen) atoms. The van der Waals surface area contributed by atoms with Crippen LogP contribution in [-0.2, 0) is 16.9 Å². The molecule has 0 bridgehead atoms. The summed E-state index contributed by atoms with van der Waals surface area (Å²) < 4.78 is 0. The maximum Gasteiger partial charge on any atom is 0.244 e. The Morgan fingerprint density at radius 2 is 2.09 bits per heavy atom. The molecular formula is C16H17ClN4O. The van der Waals surface area contributed by atoms with E-state index in [1.54, 1.807) is 18.6 Å². The Morgan fingerprint density at radius 3 is 2.73 bits per heavy atom. The van der Waals surface area contributed by atoms with E-state index in [4.69, 9.17) is 17.3 Å². The van der Waals surface area contributed by atoms with Gasteiger partial charge in [-0.3, -0.25) is 19.7 Å². The Hall–Kier alpha value is -1.98. The molecule has 1 aromatic carbocycles. The van der Waals surface area contributed by atoms with Crippen molar-refractivity contribution in [1.82, 2.24) is 14.9 Å². The highest BCUT2D eigenvalue weighted by molar-refractivity contribution is 6.30. The molecule has 2 aromatic rings. The number of halogens is 1. The molecule has 1 atom stereocenters. The fourth-order valence-corrected chi connectivity index (χ4v) is 3.23. The zero-order valence-electron chi connectivity index (χ0n) is 12.1. The van der Waals surface area contributed by atoms with Gasteiger partial charge in [-0.25, -0.2) is 0 Å².